The first kappa shape index (κ1) is 14.1. The molecule has 0 saturated carbocycles. The molecule has 2 aromatic carbocycles. The third kappa shape index (κ3) is 2.50. The van der Waals surface area contributed by atoms with Crippen molar-refractivity contribution in [3.05, 3.63) is 66.4 Å². The maximum absolute atomic E-state index is 10.8. The Morgan fingerprint density at radius 2 is 1.71 bits per heavy atom. The number of nitrogens with one attached hydrogen (secondary N) is 1. The highest BCUT2D eigenvalue weighted by Gasteiger charge is 2.19. The van der Waals surface area contributed by atoms with Crippen molar-refractivity contribution in [2.75, 3.05) is 0 Å². The van der Waals surface area contributed by atoms with Gasteiger partial charge in [-0.3, -0.25) is 0 Å². The maximum atomic E-state index is 10.8. The highest BCUT2D eigenvalue weighted by Crippen LogP contribution is 2.27. The molecule has 0 unspecified atom stereocenters. The number of aromatic nitrogens is 2. The fourth-order valence-electron chi connectivity index (χ4n) is 2.42. The largest absolute Gasteiger partial charge is 0.477 e. The molecule has 116 valence electrons. The number of benzene rings is 2. The number of hydrogen-bond acceptors (Lipinski definition) is 4. The number of fused-ring (bicyclic) bond motifs is 1. The highest BCUT2D eigenvalue weighted by atomic mass is 16.4. The lowest BCUT2D eigenvalue weighted by molar-refractivity contribution is -0.133. The van der Waals surface area contributed by atoms with Crippen LogP contribution in [-0.2, 0) is 4.79 Å². The Balaban J connectivity index is 1.85. The van der Waals surface area contributed by atoms with E-state index >= 15 is 0 Å². The van der Waals surface area contributed by atoms with Gasteiger partial charge >= 0.3 is 5.97 Å². The van der Waals surface area contributed by atoms with Gasteiger partial charge < -0.3 is 10.4 Å². The molecule has 0 atom stereocenters. The van der Waals surface area contributed by atoms with Crippen LogP contribution < -0.4 is 5.32 Å². The van der Waals surface area contributed by atoms with Crippen LogP contribution >= 0.6 is 0 Å². The predicted molar refractivity (Wildman–Crippen MR) is 90.9 cm³/mol. The summed E-state index contributed by atoms with van der Waals surface area (Å²) in [4.78, 5) is 24.4. The van der Waals surface area contributed by atoms with Crippen molar-refractivity contribution < 1.29 is 9.90 Å². The van der Waals surface area contributed by atoms with E-state index < -0.39 is 5.97 Å². The zero-order valence-corrected chi connectivity index (χ0v) is 12.5. The van der Waals surface area contributed by atoms with Crippen LogP contribution in [0.2, 0.25) is 0 Å². The molecule has 6 nitrogen and oxygen atoms in total. The summed E-state index contributed by atoms with van der Waals surface area (Å²) in [6.07, 6.45) is 1.47. The van der Waals surface area contributed by atoms with Crippen LogP contribution in [0.5, 0.6) is 0 Å². The van der Waals surface area contributed by atoms with Crippen LogP contribution in [0.3, 0.4) is 0 Å². The molecule has 0 spiro atoms. The minimum atomic E-state index is -1.01. The number of nitrogens with zero attached hydrogens (tertiary/aromatic N) is 3. The van der Waals surface area contributed by atoms with Crippen LogP contribution in [0.15, 0.2) is 71.4 Å². The molecule has 6 heteroatoms. The molecule has 0 bridgehead atoms. The van der Waals surface area contributed by atoms with E-state index in [0.29, 0.717) is 17.5 Å². The van der Waals surface area contributed by atoms with E-state index in [-0.39, 0.29) is 5.70 Å². The first-order valence-corrected chi connectivity index (χ1v) is 7.33. The van der Waals surface area contributed by atoms with Gasteiger partial charge in [0, 0.05) is 17.0 Å². The average molecular weight is 316 g/mol. The van der Waals surface area contributed by atoms with E-state index in [0.717, 1.165) is 16.5 Å². The minimum absolute atomic E-state index is 0.121. The lowest BCUT2D eigenvalue weighted by atomic mass is 10.2. The van der Waals surface area contributed by atoms with Crippen molar-refractivity contribution in [3.63, 3.8) is 0 Å². The Kier molecular flexibility index (Phi) is 3.28. The van der Waals surface area contributed by atoms with Crippen LogP contribution in [-0.4, -0.2) is 26.9 Å². The van der Waals surface area contributed by atoms with E-state index in [1.54, 1.807) is 0 Å². The third-order valence-corrected chi connectivity index (χ3v) is 3.62. The lowest BCUT2D eigenvalue weighted by Gasteiger charge is -2.16. The molecular formula is C18H12N4O2. The smallest absolute Gasteiger partial charge is 0.352 e. The van der Waals surface area contributed by atoms with Crippen molar-refractivity contribution in [1.29, 1.82) is 0 Å². The average Bonchev–Trinajstić information content (AvgIpc) is 2.57. The molecule has 1 aromatic heterocycles. The second-order valence-corrected chi connectivity index (χ2v) is 5.24. The van der Waals surface area contributed by atoms with Gasteiger partial charge in [-0.15, -0.1) is 0 Å². The van der Waals surface area contributed by atoms with E-state index in [9.17, 15) is 4.79 Å². The van der Waals surface area contributed by atoms with Gasteiger partial charge in [-0.1, -0.05) is 42.5 Å². The Morgan fingerprint density at radius 3 is 2.46 bits per heavy atom. The molecule has 3 aromatic rings. The van der Waals surface area contributed by atoms with Crippen molar-refractivity contribution in [2.45, 2.75) is 0 Å². The summed E-state index contributed by atoms with van der Waals surface area (Å²) < 4.78 is 0. The molecule has 0 fully saturated rings. The van der Waals surface area contributed by atoms with Crippen molar-refractivity contribution in [3.8, 4) is 11.4 Å². The molecule has 0 amide bonds. The summed E-state index contributed by atoms with van der Waals surface area (Å²) in [7, 11) is 0. The van der Waals surface area contributed by atoms with Crippen LogP contribution in [0, 0.1) is 0 Å². The molecular weight excluding hydrogens is 304 g/mol. The standard InChI is InChI=1S/C18H12N4O2/c23-18(24)14-10-15(19-14)21-17-12-8-4-5-9-13(12)20-16(22-17)11-6-2-1-3-7-11/h1-10H,(H,23,24)(H,19,20,21,22). The topological polar surface area (TPSA) is 87.5 Å². The zero-order valence-electron chi connectivity index (χ0n) is 12.5. The molecule has 1 aliphatic heterocycles. The van der Waals surface area contributed by atoms with Gasteiger partial charge in [-0.2, -0.15) is 0 Å². The van der Waals surface area contributed by atoms with E-state index in [2.05, 4.69) is 20.3 Å². The van der Waals surface area contributed by atoms with Crippen LogP contribution in [0.1, 0.15) is 0 Å². The van der Waals surface area contributed by atoms with E-state index in [1.807, 2.05) is 54.6 Å². The molecule has 24 heavy (non-hydrogen) atoms. The predicted octanol–water partition coefficient (Wildman–Crippen LogP) is 2.90. The summed E-state index contributed by atoms with van der Waals surface area (Å²) in [5, 5.41) is 12.4. The van der Waals surface area contributed by atoms with Gasteiger partial charge in [0.1, 0.15) is 11.5 Å². The van der Waals surface area contributed by atoms with E-state index in [4.69, 9.17) is 5.11 Å². The molecule has 0 radical (unpaired) electrons. The Morgan fingerprint density at radius 1 is 1.00 bits per heavy atom. The summed E-state index contributed by atoms with van der Waals surface area (Å²) in [6, 6.07) is 17.3. The molecule has 2 N–H and O–H groups in total. The second-order valence-electron chi connectivity index (χ2n) is 5.24. The Bertz CT molecular complexity index is 1010. The third-order valence-electron chi connectivity index (χ3n) is 3.62. The quantitative estimate of drug-likeness (QED) is 0.776. The normalized spacial score (nSPS) is 14.8. The van der Waals surface area contributed by atoms with Crippen molar-refractivity contribution in [1.82, 2.24) is 15.3 Å². The lowest BCUT2D eigenvalue weighted by Crippen LogP contribution is -2.35. The zero-order chi connectivity index (χ0) is 16.5. The summed E-state index contributed by atoms with van der Waals surface area (Å²) in [5.74, 6) is 0.541. The number of carboxylic acids is 1. The number of carbonyl (C=O) groups is 1. The number of carboxylic acid groups (broad SMARTS) is 1. The number of para-hydroxylation sites is 1. The van der Waals surface area contributed by atoms with Crippen molar-refractivity contribution in [2.24, 2.45) is 4.99 Å². The molecule has 4 rings (SSSR count). The van der Waals surface area contributed by atoms with Gasteiger partial charge in [0.15, 0.2) is 11.6 Å². The van der Waals surface area contributed by atoms with Crippen LogP contribution in [0.25, 0.3) is 22.3 Å². The Hall–Kier alpha value is -3.54. The molecule has 0 saturated heterocycles. The van der Waals surface area contributed by atoms with Gasteiger partial charge in [0.25, 0.3) is 0 Å². The van der Waals surface area contributed by atoms with Gasteiger partial charge in [-0.25, -0.2) is 19.8 Å². The maximum Gasteiger partial charge on any atom is 0.352 e. The number of aliphatic carboxylic acids is 1. The van der Waals surface area contributed by atoms with E-state index in [1.165, 1.54) is 6.08 Å². The van der Waals surface area contributed by atoms with Crippen molar-refractivity contribution >= 4 is 28.5 Å². The summed E-state index contributed by atoms with van der Waals surface area (Å²) >= 11 is 0. The van der Waals surface area contributed by atoms with Gasteiger partial charge in [0.05, 0.1) is 5.52 Å². The molecule has 1 aliphatic rings. The summed E-state index contributed by atoms with van der Waals surface area (Å²) in [6.45, 7) is 0. The molecule has 2 heterocycles. The van der Waals surface area contributed by atoms with Gasteiger partial charge in [0.2, 0.25) is 0 Å². The number of aliphatic imine (C=N–C) groups is 1. The fraction of sp³-hybridized carbons (Fsp3) is 0. The highest BCUT2D eigenvalue weighted by molar-refractivity contribution is 6.12. The Labute approximate surface area is 137 Å². The fourth-order valence-corrected chi connectivity index (χ4v) is 2.42. The molecule has 0 aliphatic carbocycles. The monoisotopic (exact) mass is 316 g/mol. The number of amidine groups is 1. The summed E-state index contributed by atoms with van der Waals surface area (Å²) in [5.41, 5.74) is 1.80. The minimum Gasteiger partial charge on any atom is -0.477 e. The van der Waals surface area contributed by atoms with Crippen LogP contribution in [0.4, 0.5) is 5.82 Å². The second kappa shape index (κ2) is 5.58. The van der Waals surface area contributed by atoms with Gasteiger partial charge in [-0.05, 0) is 12.1 Å². The first-order valence-electron chi connectivity index (χ1n) is 7.33. The first-order chi connectivity index (χ1) is 11.7. The number of rotatable bonds is 3. The SMILES string of the molecule is O=C(O)C1=CC(=Nc2nc(-c3ccccc3)nc3ccccc23)N1. The number of hydrogen-bond donors (Lipinski definition) is 2.